The zero-order valence-corrected chi connectivity index (χ0v) is 17.2. The molecule has 0 aromatic heterocycles. The highest BCUT2D eigenvalue weighted by molar-refractivity contribution is 7.99. The second-order valence-electron chi connectivity index (χ2n) is 5.89. The van der Waals surface area contributed by atoms with Gasteiger partial charge in [-0.3, -0.25) is 4.79 Å². The summed E-state index contributed by atoms with van der Waals surface area (Å²) in [6, 6.07) is 6.36. The zero-order valence-electron chi connectivity index (χ0n) is 14.7. The van der Waals surface area contributed by atoms with Crippen LogP contribution in [0.3, 0.4) is 0 Å². The summed E-state index contributed by atoms with van der Waals surface area (Å²) in [5, 5.41) is 8.27. The zero-order chi connectivity index (χ0) is 18.3. The van der Waals surface area contributed by atoms with Crippen LogP contribution in [-0.4, -0.2) is 63.5 Å². The number of nitrogens with two attached hydrogens (primary N) is 1. The van der Waals surface area contributed by atoms with Gasteiger partial charge in [-0.2, -0.15) is 0 Å². The standard InChI is InChI=1S/C16H25N3O4S2.ClH/c1-18-13-3-2-8-19(11-13)16(20)12-24-10-9-23-14-4-6-15(7-5-14)25(17,21)22;/h4-7,13,18H,2-3,8-12H2,1H3,(H2,17,21,22);1H. The normalized spacial score (nSPS) is 17.5. The first-order valence-corrected chi connectivity index (χ1v) is 10.9. The predicted molar refractivity (Wildman–Crippen MR) is 107 cm³/mol. The molecule has 1 atom stereocenters. The number of nitrogens with one attached hydrogen (secondary N) is 1. The van der Waals surface area contributed by atoms with Crippen molar-refractivity contribution >= 4 is 40.1 Å². The van der Waals surface area contributed by atoms with Gasteiger partial charge in [0, 0.05) is 24.9 Å². The summed E-state index contributed by atoms with van der Waals surface area (Å²) >= 11 is 1.54. The number of thioether (sulfide) groups is 1. The lowest BCUT2D eigenvalue weighted by atomic mass is 10.1. The van der Waals surface area contributed by atoms with Gasteiger partial charge in [0.2, 0.25) is 15.9 Å². The average molecular weight is 424 g/mol. The Kier molecular flexibility index (Phi) is 9.73. The molecule has 1 saturated heterocycles. The molecule has 1 aliphatic heterocycles. The van der Waals surface area contributed by atoms with Gasteiger partial charge in [0.05, 0.1) is 17.3 Å². The fourth-order valence-electron chi connectivity index (χ4n) is 2.63. The number of hydrogen-bond acceptors (Lipinski definition) is 6. The molecule has 1 aliphatic rings. The number of carbonyl (C=O) groups is 1. The maximum absolute atomic E-state index is 12.2. The maximum Gasteiger partial charge on any atom is 0.238 e. The van der Waals surface area contributed by atoms with E-state index in [0.29, 0.717) is 29.9 Å². The molecular weight excluding hydrogens is 398 g/mol. The number of ether oxygens (including phenoxy) is 1. The Balaban J connectivity index is 0.00000338. The van der Waals surface area contributed by atoms with Gasteiger partial charge in [-0.05, 0) is 44.2 Å². The van der Waals surface area contributed by atoms with Crippen molar-refractivity contribution in [1.29, 1.82) is 0 Å². The molecule has 2 rings (SSSR count). The quantitative estimate of drug-likeness (QED) is 0.606. The molecule has 1 amide bonds. The molecule has 0 aliphatic carbocycles. The third-order valence-corrected chi connectivity index (χ3v) is 5.89. The first kappa shape index (κ1) is 23.0. The van der Waals surface area contributed by atoms with Crippen LogP contribution in [0.4, 0.5) is 0 Å². The number of halogens is 1. The number of likely N-dealkylation sites (tertiary alicyclic amines) is 1. The summed E-state index contributed by atoms with van der Waals surface area (Å²) < 4.78 is 27.9. The highest BCUT2D eigenvalue weighted by Crippen LogP contribution is 2.16. The molecule has 1 fully saturated rings. The van der Waals surface area contributed by atoms with Gasteiger partial charge in [-0.1, -0.05) is 0 Å². The van der Waals surface area contributed by atoms with Crippen molar-refractivity contribution in [2.75, 3.05) is 38.2 Å². The molecule has 1 aromatic carbocycles. The van der Waals surface area contributed by atoms with Crippen molar-refractivity contribution < 1.29 is 17.9 Å². The summed E-state index contributed by atoms with van der Waals surface area (Å²) in [5.41, 5.74) is 0. The Hall–Kier alpha value is -1.00. The molecule has 7 nitrogen and oxygen atoms in total. The van der Waals surface area contributed by atoms with Gasteiger partial charge >= 0.3 is 0 Å². The van der Waals surface area contributed by atoms with Gasteiger partial charge in [0.15, 0.2) is 0 Å². The van der Waals surface area contributed by atoms with Gasteiger partial charge in [0.1, 0.15) is 5.75 Å². The largest absolute Gasteiger partial charge is 0.493 e. The molecular formula is C16H26ClN3O4S2. The summed E-state index contributed by atoms with van der Waals surface area (Å²) in [4.78, 5) is 14.2. The van der Waals surface area contributed by atoms with E-state index < -0.39 is 10.0 Å². The topological polar surface area (TPSA) is 102 Å². The van der Waals surface area contributed by atoms with Crippen molar-refractivity contribution in [2.24, 2.45) is 5.14 Å². The van der Waals surface area contributed by atoms with Gasteiger partial charge in [-0.25, -0.2) is 13.6 Å². The molecule has 0 spiro atoms. The number of amides is 1. The number of benzene rings is 1. The first-order valence-electron chi connectivity index (χ1n) is 8.18. The van der Waals surface area contributed by atoms with Crippen LogP contribution in [0.1, 0.15) is 12.8 Å². The molecule has 0 radical (unpaired) electrons. The number of likely N-dealkylation sites (N-methyl/N-ethyl adjacent to an activating group) is 1. The fourth-order valence-corrected chi connectivity index (χ4v) is 3.85. The smallest absolute Gasteiger partial charge is 0.238 e. The Bertz CT molecular complexity index is 671. The lowest BCUT2D eigenvalue weighted by Crippen LogP contribution is -2.47. The summed E-state index contributed by atoms with van der Waals surface area (Å²) in [7, 11) is -1.75. The molecule has 0 bridgehead atoms. The number of carbonyl (C=O) groups excluding carboxylic acids is 1. The van der Waals surface area contributed by atoms with E-state index in [2.05, 4.69) is 5.32 Å². The summed E-state index contributed by atoms with van der Waals surface area (Å²) in [6.07, 6.45) is 2.16. The van der Waals surface area contributed by atoms with E-state index in [0.717, 1.165) is 25.9 Å². The van der Waals surface area contributed by atoms with Gasteiger partial charge in [-0.15, -0.1) is 24.2 Å². The Labute approximate surface area is 165 Å². The van der Waals surface area contributed by atoms with Crippen LogP contribution < -0.4 is 15.2 Å². The number of rotatable bonds is 8. The minimum Gasteiger partial charge on any atom is -0.493 e. The highest BCUT2D eigenvalue weighted by Gasteiger charge is 2.22. The molecule has 26 heavy (non-hydrogen) atoms. The third kappa shape index (κ3) is 7.32. The lowest BCUT2D eigenvalue weighted by molar-refractivity contribution is -0.129. The van der Waals surface area contributed by atoms with Crippen LogP contribution in [0.2, 0.25) is 0 Å². The molecule has 1 aromatic rings. The van der Waals surface area contributed by atoms with E-state index in [1.54, 1.807) is 12.1 Å². The maximum atomic E-state index is 12.2. The van der Waals surface area contributed by atoms with Crippen LogP contribution in [0.25, 0.3) is 0 Å². The number of sulfonamides is 1. The number of primary sulfonamides is 1. The molecule has 0 saturated carbocycles. The average Bonchev–Trinajstić information content (AvgIpc) is 2.61. The molecule has 10 heteroatoms. The fraction of sp³-hybridized carbons (Fsp3) is 0.562. The first-order chi connectivity index (χ1) is 11.9. The van der Waals surface area contributed by atoms with Crippen molar-refractivity contribution in [3.63, 3.8) is 0 Å². The van der Waals surface area contributed by atoms with Crippen LogP contribution in [0.15, 0.2) is 29.2 Å². The Morgan fingerprint density at radius 1 is 1.38 bits per heavy atom. The minimum absolute atomic E-state index is 0. The van der Waals surface area contributed by atoms with Gasteiger partial charge in [0.25, 0.3) is 0 Å². The summed E-state index contributed by atoms with van der Waals surface area (Å²) in [5.74, 6) is 1.88. The lowest BCUT2D eigenvalue weighted by Gasteiger charge is -2.32. The van der Waals surface area contributed by atoms with Crippen LogP contribution >= 0.6 is 24.2 Å². The summed E-state index contributed by atoms with van der Waals surface area (Å²) in [6.45, 7) is 2.07. The van der Waals surface area contributed by atoms with Crippen molar-refractivity contribution in [3.8, 4) is 5.75 Å². The second-order valence-corrected chi connectivity index (χ2v) is 8.55. The monoisotopic (exact) mass is 423 g/mol. The molecule has 1 unspecified atom stereocenters. The number of piperidine rings is 1. The van der Waals surface area contributed by atoms with E-state index in [1.165, 1.54) is 23.9 Å². The van der Waals surface area contributed by atoms with E-state index in [-0.39, 0.29) is 23.2 Å². The van der Waals surface area contributed by atoms with E-state index in [1.807, 2.05) is 11.9 Å². The Morgan fingerprint density at radius 2 is 2.08 bits per heavy atom. The van der Waals surface area contributed by atoms with Crippen molar-refractivity contribution in [3.05, 3.63) is 24.3 Å². The van der Waals surface area contributed by atoms with E-state index in [9.17, 15) is 13.2 Å². The Morgan fingerprint density at radius 3 is 2.69 bits per heavy atom. The van der Waals surface area contributed by atoms with Crippen LogP contribution in [0.5, 0.6) is 5.75 Å². The number of hydrogen-bond donors (Lipinski definition) is 2. The van der Waals surface area contributed by atoms with Gasteiger partial charge < -0.3 is 15.0 Å². The molecule has 148 valence electrons. The third-order valence-electron chi connectivity index (χ3n) is 4.06. The second kappa shape index (κ2) is 11.0. The predicted octanol–water partition coefficient (Wildman–Crippen LogP) is 1.08. The van der Waals surface area contributed by atoms with E-state index >= 15 is 0 Å². The molecule has 3 N–H and O–H groups in total. The molecule has 1 heterocycles. The van der Waals surface area contributed by atoms with Crippen molar-refractivity contribution in [1.82, 2.24) is 10.2 Å². The van der Waals surface area contributed by atoms with Crippen LogP contribution in [-0.2, 0) is 14.8 Å². The van der Waals surface area contributed by atoms with E-state index in [4.69, 9.17) is 9.88 Å². The highest BCUT2D eigenvalue weighted by atomic mass is 35.5. The minimum atomic E-state index is -3.68. The number of nitrogens with zero attached hydrogens (tertiary/aromatic N) is 1. The van der Waals surface area contributed by atoms with Crippen molar-refractivity contribution in [2.45, 2.75) is 23.8 Å². The van der Waals surface area contributed by atoms with Crippen LogP contribution in [0, 0.1) is 0 Å². The SMILES string of the molecule is CNC1CCCN(C(=O)CSCCOc2ccc(S(N)(=O)=O)cc2)C1.Cl.